The zero-order chi connectivity index (χ0) is 14.4. The van der Waals surface area contributed by atoms with Gasteiger partial charge in [0.25, 0.3) is 0 Å². The van der Waals surface area contributed by atoms with E-state index in [0.717, 1.165) is 12.1 Å². The van der Waals surface area contributed by atoms with E-state index < -0.39 is 0 Å². The third-order valence-corrected chi connectivity index (χ3v) is 2.88. The molecular weight excluding hydrogens is 276 g/mol. The number of aromatic nitrogens is 2. The minimum absolute atomic E-state index is 0.0615. The van der Waals surface area contributed by atoms with Gasteiger partial charge in [-0.2, -0.15) is 0 Å². The zero-order valence-corrected chi connectivity index (χ0v) is 11.8. The van der Waals surface area contributed by atoms with E-state index in [2.05, 4.69) is 20.8 Å². The molecule has 1 aromatic heterocycles. The van der Waals surface area contributed by atoms with Crippen molar-refractivity contribution in [2.45, 2.75) is 19.8 Å². The van der Waals surface area contributed by atoms with Crippen LogP contribution in [0.2, 0.25) is 5.02 Å². The predicted octanol–water partition coefficient (Wildman–Crippen LogP) is 3.61. The van der Waals surface area contributed by atoms with Gasteiger partial charge in [0.1, 0.15) is 0 Å². The van der Waals surface area contributed by atoms with E-state index in [1.165, 1.54) is 0 Å². The fourth-order valence-electron chi connectivity index (χ4n) is 1.60. The van der Waals surface area contributed by atoms with Crippen LogP contribution in [0.4, 0.5) is 17.3 Å². The quantitative estimate of drug-likeness (QED) is 0.883. The molecule has 6 heteroatoms. The Kier molecular flexibility index (Phi) is 4.90. The molecule has 0 fully saturated rings. The van der Waals surface area contributed by atoms with Gasteiger partial charge in [-0.1, -0.05) is 30.7 Å². The molecule has 2 rings (SSSR count). The van der Waals surface area contributed by atoms with Crippen LogP contribution in [0.1, 0.15) is 19.8 Å². The average Bonchev–Trinajstić information content (AvgIpc) is 2.44. The molecule has 0 aliphatic heterocycles. The van der Waals surface area contributed by atoms with Crippen LogP contribution in [-0.4, -0.2) is 16.1 Å². The molecule has 5 nitrogen and oxygen atoms in total. The summed E-state index contributed by atoms with van der Waals surface area (Å²) in [5.74, 6) is 0.938. The number of amides is 1. The highest BCUT2D eigenvalue weighted by Crippen LogP contribution is 2.23. The molecule has 104 valence electrons. The van der Waals surface area contributed by atoms with Crippen molar-refractivity contribution in [1.82, 2.24) is 10.2 Å². The molecule has 0 radical (unpaired) electrons. The molecule has 0 atom stereocenters. The fraction of sp³-hybridized carbons (Fsp3) is 0.214. The number of para-hydroxylation sites is 1. The van der Waals surface area contributed by atoms with E-state index >= 15 is 0 Å². The van der Waals surface area contributed by atoms with Gasteiger partial charge in [0, 0.05) is 6.42 Å². The summed E-state index contributed by atoms with van der Waals surface area (Å²) < 4.78 is 0. The summed E-state index contributed by atoms with van der Waals surface area (Å²) in [5, 5.41) is 14.3. The number of hydrogen-bond donors (Lipinski definition) is 2. The van der Waals surface area contributed by atoms with Crippen molar-refractivity contribution in [3.05, 3.63) is 41.4 Å². The Balaban J connectivity index is 2.02. The molecular formula is C14H15ClN4O. The molecule has 2 aromatic rings. The van der Waals surface area contributed by atoms with Gasteiger partial charge < -0.3 is 10.6 Å². The number of benzene rings is 1. The molecule has 0 aliphatic carbocycles. The highest BCUT2D eigenvalue weighted by molar-refractivity contribution is 6.33. The van der Waals surface area contributed by atoms with Crippen molar-refractivity contribution in [3.63, 3.8) is 0 Å². The van der Waals surface area contributed by atoms with E-state index in [1.54, 1.807) is 18.2 Å². The van der Waals surface area contributed by atoms with Gasteiger partial charge in [0.05, 0.1) is 10.7 Å². The summed E-state index contributed by atoms with van der Waals surface area (Å²) in [6.07, 6.45) is 1.27. The zero-order valence-electron chi connectivity index (χ0n) is 11.1. The molecule has 1 aromatic carbocycles. The normalized spacial score (nSPS) is 10.1. The van der Waals surface area contributed by atoms with Crippen molar-refractivity contribution in [1.29, 1.82) is 0 Å². The Hall–Kier alpha value is -2.14. The smallest absolute Gasteiger partial charge is 0.225 e. The summed E-state index contributed by atoms with van der Waals surface area (Å²) in [6, 6.07) is 10.8. The SMILES string of the molecule is CCCC(=O)Nc1ccc(Nc2ccccc2Cl)nn1. The van der Waals surface area contributed by atoms with Crippen molar-refractivity contribution >= 4 is 34.8 Å². The summed E-state index contributed by atoms with van der Waals surface area (Å²) in [6.45, 7) is 1.95. The van der Waals surface area contributed by atoms with Gasteiger partial charge in [-0.25, -0.2) is 0 Å². The van der Waals surface area contributed by atoms with Crippen molar-refractivity contribution < 1.29 is 4.79 Å². The maximum Gasteiger partial charge on any atom is 0.225 e. The minimum atomic E-state index is -0.0615. The first-order valence-electron chi connectivity index (χ1n) is 6.34. The highest BCUT2D eigenvalue weighted by Gasteiger charge is 2.04. The maximum atomic E-state index is 11.4. The molecule has 0 saturated heterocycles. The van der Waals surface area contributed by atoms with Gasteiger partial charge in [-0.05, 0) is 30.7 Å². The fourth-order valence-corrected chi connectivity index (χ4v) is 1.78. The van der Waals surface area contributed by atoms with Crippen LogP contribution in [-0.2, 0) is 4.79 Å². The first kappa shape index (κ1) is 14.3. The Labute approximate surface area is 122 Å². The Morgan fingerprint density at radius 3 is 2.50 bits per heavy atom. The molecule has 0 unspecified atom stereocenters. The average molecular weight is 291 g/mol. The van der Waals surface area contributed by atoms with Gasteiger partial charge >= 0.3 is 0 Å². The monoisotopic (exact) mass is 290 g/mol. The van der Waals surface area contributed by atoms with Crippen LogP contribution < -0.4 is 10.6 Å². The van der Waals surface area contributed by atoms with Crippen molar-refractivity contribution in [3.8, 4) is 0 Å². The maximum absolute atomic E-state index is 11.4. The lowest BCUT2D eigenvalue weighted by atomic mass is 10.3. The summed E-state index contributed by atoms with van der Waals surface area (Å²) in [5.41, 5.74) is 0.756. The second-order valence-electron chi connectivity index (χ2n) is 4.21. The molecule has 0 aliphatic rings. The number of halogens is 1. The van der Waals surface area contributed by atoms with E-state index in [0.29, 0.717) is 23.1 Å². The number of carbonyl (C=O) groups is 1. The molecule has 0 bridgehead atoms. The standard InChI is InChI=1S/C14H15ClN4O/c1-2-5-14(20)17-13-9-8-12(18-19-13)16-11-7-4-3-6-10(11)15/h3-4,6-9H,2,5H2,1H3,(H,16,18)(H,17,19,20). The van der Waals surface area contributed by atoms with E-state index in [4.69, 9.17) is 11.6 Å². The molecule has 0 saturated carbocycles. The lowest BCUT2D eigenvalue weighted by molar-refractivity contribution is -0.116. The number of nitrogens with one attached hydrogen (secondary N) is 2. The molecule has 2 N–H and O–H groups in total. The lowest BCUT2D eigenvalue weighted by Gasteiger charge is -2.07. The Morgan fingerprint density at radius 2 is 1.85 bits per heavy atom. The first-order chi connectivity index (χ1) is 9.69. The van der Waals surface area contributed by atoms with Crippen molar-refractivity contribution in [2.24, 2.45) is 0 Å². The van der Waals surface area contributed by atoms with Crippen LogP contribution in [0, 0.1) is 0 Å². The van der Waals surface area contributed by atoms with Crippen LogP contribution in [0.5, 0.6) is 0 Å². The second kappa shape index (κ2) is 6.86. The first-order valence-corrected chi connectivity index (χ1v) is 6.72. The van der Waals surface area contributed by atoms with Crippen LogP contribution in [0.3, 0.4) is 0 Å². The molecule has 20 heavy (non-hydrogen) atoms. The van der Waals surface area contributed by atoms with E-state index in [1.807, 2.05) is 25.1 Å². The summed E-state index contributed by atoms with van der Waals surface area (Å²) >= 11 is 6.04. The third-order valence-electron chi connectivity index (χ3n) is 2.55. The number of carbonyl (C=O) groups excluding carboxylic acids is 1. The van der Waals surface area contributed by atoms with Crippen LogP contribution >= 0.6 is 11.6 Å². The van der Waals surface area contributed by atoms with E-state index in [9.17, 15) is 4.79 Å². The van der Waals surface area contributed by atoms with Crippen molar-refractivity contribution in [2.75, 3.05) is 10.6 Å². The van der Waals surface area contributed by atoms with Gasteiger partial charge in [-0.3, -0.25) is 4.79 Å². The second-order valence-corrected chi connectivity index (χ2v) is 4.61. The number of anilines is 3. The number of rotatable bonds is 5. The molecule has 0 spiro atoms. The van der Waals surface area contributed by atoms with Gasteiger partial charge in [-0.15, -0.1) is 10.2 Å². The van der Waals surface area contributed by atoms with E-state index in [-0.39, 0.29) is 5.91 Å². The summed E-state index contributed by atoms with van der Waals surface area (Å²) in [4.78, 5) is 11.4. The summed E-state index contributed by atoms with van der Waals surface area (Å²) in [7, 11) is 0. The molecule has 1 heterocycles. The minimum Gasteiger partial charge on any atom is -0.338 e. The third kappa shape index (κ3) is 3.93. The predicted molar refractivity (Wildman–Crippen MR) is 80.3 cm³/mol. The number of hydrogen-bond acceptors (Lipinski definition) is 4. The largest absolute Gasteiger partial charge is 0.338 e. The number of nitrogens with zero attached hydrogens (tertiary/aromatic N) is 2. The van der Waals surface area contributed by atoms with Crippen LogP contribution in [0.15, 0.2) is 36.4 Å². The Bertz CT molecular complexity index is 586. The van der Waals surface area contributed by atoms with Crippen LogP contribution in [0.25, 0.3) is 0 Å². The lowest BCUT2D eigenvalue weighted by Crippen LogP contribution is -2.12. The van der Waals surface area contributed by atoms with Gasteiger partial charge in [0.15, 0.2) is 11.6 Å². The van der Waals surface area contributed by atoms with Gasteiger partial charge in [0.2, 0.25) is 5.91 Å². The Morgan fingerprint density at radius 1 is 1.15 bits per heavy atom. The topological polar surface area (TPSA) is 66.9 Å². The highest BCUT2D eigenvalue weighted by atomic mass is 35.5. The molecule has 1 amide bonds.